The molecule has 0 saturated carbocycles. The lowest BCUT2D eigenvalue weighted by Crippen LogP contribution is -2.70. The Morgan fingerprint density at radius 2 is 0.742 bits per heavy atom. The molecule has 5 rings (SSSR count). The topological polar surface area (TPSA) is 445 Å². The second-order valence-electron chi connectivity index (χ2n) is 15.4. The molecule has 0 radical (unpaired) electrons. The summed E-state index contributed by atoms with van der Waals surface area (Å²) in [5.41, 5.74) is 0. The van der Waals surface area contributed by atoms with Gasteiger partial charge in [-0.05, 0) is 0 Å². The Kier molecular flexibility index (Phi) is 18.1. The van der Waals surface area contributed by atoms with Gasteiger partial charge in [-0.25, -0.2) is 0 Å². The molecule has 5 aliphatic rings. The Balaban J connectivity index is 1.42. The van der Waals surface area contributed by atoms with Gasteiger partial charge in [-0.15, -0.1) is 0 Å². The second-order valence-corrected chi connectivity index (χ2v) is 15.4. The van der Waals surface area contributed by atoms with Crippen LogP contribution >= 0.6 is 0 Å². The van der Waals surface area contributed by atoms with Gasteiger partial charge in [-0.2, -0.15) is 0 Å². The van der Waals surface area contributed by atoms with Crippen molar-refractivity contribution in [3.63, 3.8) is 0 Å². The van der Waals surface area contributed by atoms with Crippen LogP contribution in [0.5, 0.6) is 0 Å². The zero-order valence-electron chi connectivity index (χ0n) is 33.2. The minimum Gasteiger partial charge on any atom is -0.394 e. The quantitative estimate of drug-likeness (QED) is 0.0725. The third kappa shape index (κ3) is 10.8. The first-order valence-electron chi connectivity index (χ1n) is 19.6. The van der Waals surface area contributed by atoms with E-state index in [1.54, 1.807) is 0 Å². The lowest BCUT2D eigenvalue weighted by atomic mass is 9.94. The van der Waals surface area contributed by atoms with Crippen LogP contribution in [0.1, 0.15) is 13.8 Å². The highest BCUT2D eigenvalue weighted by Gasteiger charge is 2.57. The highest BCUT2D eigenvalue weighted by atomic mass is 16.8. The van der Waals surface area contributed by atoms with Gasteiger partial charge in [-0.1, -0.05) is 0 Å². The Labute approximate surface area is 351 Å². The molecule has 17 N–H and O–H groups in total. The van der Waals surface area contributed by atoms with Gasteiger partial charge in [0.15, 0.2) is 31.5 Å². The smallest absolute Gasteiger partial charge is 0.217 e. The zero-order valence-corrected chi connectivity index (χ0v) is 33.2. The van der Waals surface area contributed by atoms with Crippen LogP contribution in [0.3, 0.4) is 0 Å². The number of nitrogens with one attached hydrogen (secondary N) is 2. The molecular formula is C34H58N2O26. The first kappa shape index (κ1) is 51.0. The summed E-state index contributed by atoms with van der Waals surface area (Å²) in [6.45, 7) is -2.58. The lowest BCUT2D eigenvalue weighted by molar-refractivity contribution is -0.383. The Morgan fingerprint density at radius 3 is 1.18 bits per heavy atom. The van der Waals surface area contributed by atoms with Crippen LogP contribution in [0.25, 0.3) is 0 Å². The van der Waals surface area contributed by atoms with Crippen molar-refractivity contribution in [2.45, 2.75) is 167 Å². The Bertz CT molecular complexity index is 1440. The van der Waals surface area contributed by atoms with Crippen molar-refractivity contribution in [3.05, 3.63) is 0 Å². The molecule has 62 heavy (non-hydrogen) atoms. The zero-order chi connectivity index (χ0) is 45.9. The van der Waals surface area contributed by atoms with E-state index < -0.39 is 198 Å². The molecule has 5 fully saturated rings. The van der Waals surface area contributed by atoms with Crippen molar-refractivity contribution < 1.29 is 129 Å². The van der Waals surface area contributed by atoms with Gasteiger partial charge in [0.05, 0.1) is 33.0 Å². The third-order valence-corrected chi connectivity index (χ3v) is 11.1. The van der Waals surface area contributed by atoms with Gasteiger partial charge < -0.3 is 130 Å². The number of carbonyl (C=O) groups excluding carboxylic acids is 2. The van der Waals surface area contributed by atoms with Crippen LogP contribution < -0.4 is 10.6 Å². The molecule has 360 valence electrons. The van der Waals surface area contributed by atoms with Gasteiger partial charge in [0, 0.05) is 13.8 Å². The van der Waals surface area contributed by atoms with Crippen molar-refractivity contribution in [3.8, 4) is 0 Å². The molecule has 25 atom stereocenters. The summed E-state index contributed by atoms with van der Waals surface area (Å²) >= 11 is 0. The molecule has 0 spiro atoms. The average molecular weight is 911 g/mol. The molecule has 28 nitrogen and oxygen atoms in total. The van der Waals surface area contributed by atoms with E-state index in [2.05, 4.69) is 10.6 Å². The maximum atomic E-state index is 12.6. The van der Waals surface area contributed by atoms with Crippen LogP contribution in [0, 0.1) is 0 Å². The van der Waals surface area contributed by atoms with Crippen molar-refractivity contribution in [1.82, 2.24) is 10.6 Å². The van der Waals surface area contributed by atoms with Crippen LogP contribution in [-0.4, -0.2) is 275 Å². The predicted molar refractivity (Wildman–Crippen MR) is 190 cm³/mol. The van der Waals surface area contributed by atoms with Crippen molar-refractivity contribution in [2.75, 3.05) is 33.0 Å². The summed E-state index contributed by atoms with van der Waals surface area (Å²) in [4.78, 5) is 24.6. The molecule has 5 aliphatic heterocycles. The van der Waals surface area contributed by atoms with E-state index in [-0.39, 0.29) is 0 Å². The first-order chi connectivity index (χ1) is 29.3. The van der Waals surface area contributed by atoms with Crippen LogP contribution in [0.4, 0.5) is 0 Å². The number of carbonyl (C=O) groups is 2. The molecule has 0 aromatic heterocycles. The minimum absolute atomic E-state index is 0.736. The highest BCUT2D eigenvalue weighted by molar-refractivity contribution is 5.73. The van der Waals surface area contributed by atoms with Gasteiger partial charge in [0.2, 0.25) is 11.8 Å². The minimum atomic E-state index is -2.14. The molecule has 5 heterocycles. The summed E-state index contributed by atoms with van der Waals surface area (Å²) in [5.74, 6) is -1.58. The molecular weight excluding hydrogens is 852 g/mol. The second kappa shape index (κ2) is 22.0. The van der Waals surface area contributed by atoms with Crippen LogP contribution in [0.15, 0.2) is 0 Å². The fourth-order valence-electron chi connectivity index (χ4n) is 7.83. The number of hydrogen-bond acceptors (Lipinski definition) is 26. The van der Waals surface area contributed by atoms with Crippen molar-refractivity contribution in [2.24, 2.45) is 0 Å². The van der Waals surface area contributed by atoms with Crippen molar-refractivity contribution >= 4 is 11.8 Å². The van der Waals surface area contributed by atoms with E-state index in [4.69, 9.17) is 42.6 Å². The Hall–Kier alpha value is -2.02. The van der Waals surface area contributed by atoms with E-state index in [9.17, 15) is 86.2 Å². The van der Waals surface area contributed by atoms with E-state index in [1.807, 2.05) is 0 Å². The number of amides is 2. The summed E-state index contributed by atoms with van der Waals surface area (Å²) in [6.07, 6.45) is -42.7. The largest absolute Gasteiger partial charge is 0.394 e. The van der Waals surface area contributed by atoms with Crippen LogP contribution in [0.2, 0.25) is 0 Å². The van der Waals surface area contributed by atoms with E-state index in [1.165, 1.54) is 0 Å². The number of hydrogen-bond donors (Lipinski definition) is 17. The van der Waals surface area contributed by atoms with E-state index in [0.29, 0.717) is 0 Å². The number of aliphatic hydroxyl groups is 15. The average Bonchev–Trinajstić information content (AvgIpc) is 3.23. The Morgan fingerprint density at radius 1 is 0.387 bits per heavy atom. The normalized spacial score (nSPS) is 49.0. The molecule has 0 bridgehead atoms. The number of rotatable bonds is 15. The summed E-state index contributed by atoms with van der Waals surface area (Å²) < 4.78 is 50.9. The molecule has 5 saturated heterocycles. The summed E-state index contributed by atoms with van der Waals surface area (Å²) in [6, 6.07) is -3.31. The summed E-state index contributed by atoms with van der Waals surface area (Å²) in [7, 11) is 0. The fourth-order valence-corrected chi connectivity index (χ4v) is 7.83. The standard InChI is InChI=1S/C34H58N2O26/c1-8(42)35-15-21(48)17(44)10(3-37)55-31(15)61-28-19(46)13(6-40)58-34(25(28)52)60-27-16(36-9(2)43)32(56-11(4-38)18(27)45)62-29-20(47)12(5-39)57-33(24(29)51)59-26-14(7-41)54-30(53)23(50)22(26)49/h10-34,37-41,44-53H,3-7H2,1-2H3,(H,35,42)(H,36,43)/t10-,11-,12-,13-,14-,15-,16-,17-,18-,19+,20+,21-,22-,23-,24-,25-,26-,27-,28+,29+,30?,31+,32+,33+,34+/m1/s1. The molecule has 2 amide bonds. The van der Waals surface area contributed by atoms with Crippen LogP contribution in [-0.2, 0) is 52.2 Å². The van der Waals surface area contributed by atoms with Gasteiger partial charge in [-0.3, -0.25) is 9.59 Å². The highest BCUT2D eigenvalue weighted by Crippen LogP contribution is 2.36. The summed E-state index contributed by atoms with van der Waals surface area (Å²) in [5, 5.41) is 163. The van der Waals surface area contributed by atoms with Gasteiger partial charge >= 0.3 is 0 Å². The van der Waals surface area contributed by atoms with Gasteiger partial charge in [0.25, 0.3) is 0 Å². The SMILES string of the molecule is CC(=O)N[C@H]1[C@H](O[C@H]2[C@@H](O)[C@@H](CO)O[C@@H](O[C@H]3[C@H](O)[C@@H](CO)O[C@@H](O[C@H]4[C@@H](O)[C@@H](CO)O[C@@H](O[C@H]5[C@H](O)[C@@H](O)C(O)O[C@@H]5CO)[C@@H]4O)[C@@H]3NC(C)=O)[C@@H]2O)O[C@H](CO)[C@@H](O)[C@@H]1O. The van der Waals surface area contributed by atoms with Gasteiger partial charge in [0.1, 0.15) is 122 Å². The molecule has 0 aromatic rings. The monoisotopic (exact) mass is 910 g/mol. The lowest BCUT2D eigenvalue weighted by Gasteiger charge is -2.50. The molecule has 28 heteroatoms. The molecule has 0 aromatic carbocycles. The molecule has 0 aliphatic carbocycles. The third-order valence-electron chi connectivity index (χ3n) is 11.1. The fraction of sp³-hybridized carbons (Fsp3) is 0.941. The number of aliphatic hydroxyl groups excluding tert-OH is 15. The predicted octanol–water partition coefficient (Wildman–Crippen LogP) is -11.6. The van der Waals surface area contributed by atoms with E-state index in [0.717, 1.165) is 13.8 Å². The first-order valence-corrected chi connectivity index (χ1v) is 19.6. The maximum absolute atomic E-state index is 12.6. The van der Waals surface area contributed by atoms with E-state index >= 15 is 0 Å². The molecule has 1 unspecified atom stereocenters. The van der Waals surface area contributed by atoms with Crippen molar-refractivity contribution in [1.29, 1.82) is 0 Å². The number of ether oxygens (including phenoxy) is 9. The maximum Gasteiger partial charge on any atom is 0.217 e.